The highest BCUT2D eigenvalue weighted by Crippen LogP contribution is 2.26. The molecule has 1 aliphatic heterocycles. The van der Waals surface area contributed by atoms with Crippen LogP contribution >= 0.6 is 23.7 Å². The van der Waals surface area contributed by atoms with Gasteiger partial charge in [-0.05, 0) is 48.7 Å². The van der Waals surface area contributed by atoms with Crippen LogP contribution in [0, 0.1) is 5.82 Å². The standard InChI is InChI=1S/C18H18FN5OS.ClH/c1-23(14-8-9-20-11-14)18(25)16-21-17(15-3-2-10-26-15)24(22-16)13-6-4-12(19)5-7-13;/h2-7,10,14,20H,8-9,11H2,1H3;1H. The summed E-state index contributed by atoms with van der Waals surface area (Å²) in [5.41, 5.74) is 0.659. The Morgan fingerprint density at radius 3 is 2.74 bits per heavy atom. The number of nitrogens with zero attached hydrogens (tertiary/aromatic N) is 4. The minimum absolute atomic E-state index is 0. The van der Waals surface area contributed by atoms with Crippen LogP contribution in [0.5, 0.6) is 0 Å². The van der Waals surface area contributed by atoms with Gasteiger partial charge in [-0.3, -0.25) is 4.79 Å². The van der Waals surface area contributed by atoms with Crippen molar-refractivity contribution >= 4 is 29.7 Å². The molecule has 3 aromatic rings. The van der Waals surface area contributed by atoms with Crippen LogP contribution in [0.2, 0.25) is 0 Å². The minimum atomic E-state index is -0.323. The first-order chi connectivity index (χ1) is 12.6. The van der Waals surface area contributed by atoms with Gasteiger partial charge in [0.15, 0.2) is 5.82 Å². The molecule has 1 amide bonds. The molecule has 1 atom stereocenters. The Morgan fingerprint density at radius 1 is 1.33 bits per heavy atom. The number of nitrogens with one attached hydrogen (secondary N) is 1. The number of hydrogen-bond donors (Lipinski definition) is 1. The summed E-state index contributed by atoms with van der Waals surface area (Å²) in [7, 11) is 1.78. The molecule has 0 aliphatic carbocycles. The molecule has 0 saturated carbocycles. The summed E-state index contributed by atoms with van der Waals surface area (Å²) in [5, 5.41) is 9.63. The molecule has 1 N–H and O–H groups in total. The largest absolute Gasteiger partial charge is 0.335 e. The van der Waals surface area contributed by atoms with E-state index in [1.807, 2.05) is 17.5 Å². The van der Waals surface area contributed by atoms with E-state index in [0.29, 0.717) is 11.5 Å². The van der Waals surface area contributed by atoms with E-state index < -0.39 is 0 Å². The Morgan fingerprint density at radius 2 is 2.11 bits per heavy atom. The zero-order valence-electron chi connectivity index (χ0n) is 14.6. The predicted octanol–water partition coefficient (Wildman–Crippen LogP) is 2.99. The molecule has 6 nitrogen and oxygen atoms in total. The van der Waals surface area contributed by atoms with Gasteiger partial charge in [-0.25, -0.2) is 14.1 Å². The quantitative estimate of drug-likeness (QED) is 0.722. The fourth-order valence-corrected chi connectivity index (χ4v) is 3.72. The number of carbonyl (C=O) groups excluding carboxylic acids is 1. The van der Waals surface area contributed by atoms with E-state index in [2.05, 4.69) is 15.4 Å². The number of benzene rings is 1. The molecule has 4 rings (SSSR count). The average Bonchev–Trinajstić information content (AvgIpc) is 3.41. The first-order valence-electron chi connectivity index (χ1n) is 8.38. The summed E-state index contributed by atoms with van der Waals surface area (Å²) in [6.07, 6.45) is 0.915. The number of halogens is 2. The van der Waals surface area contributed by atoms with Crippen molar-refractivity contribution in [1.82, 2.24) is 25.0 Å². The maximum atomic E-state index is 13.3. The summed E-state index contributed by atoms with van der Waals surface area (Å²) in [6, 6.07) is 9.97. The van der Waals surface area contributed by atoms with Crippen molar-refractivity contribution in [2.24, 2.45) is 0 Å². The molecule has 0 radical (unpaired) electrons. The molecule has 27 heavy (non-hydrogen) atoms. The highest BCUT2D eigenvalue weighted by molar-refractivity contribution is 7.13. The molecule has 0 spiro atoms. The van der Waals surface area contributed by atoms with Crippen molar-refractivity contribution in [2.45, 2.75) is 12.5 Å². The van der Waals surface area contributed by atoms with Crippen molar-refractivity contribution in [2.75, 3.05) is 20.1 Å². The SMILES string of the molecule is CN(C(=O)c1nc(-c2cccs2)n(-c2ccc(F)cc2)n1)C1CCNC1.Cl. The van der Waals surface area contributed by atoms with E-state index in [1.54, 1.807) is 28.8 Å². The maximum Gasteiger partial charge on any atom is 0.293 e. The van der Waals surface area contributed by atoms with Gasteiger partial charge in [-0.15, -0.1) is 28.8 Å². The second-order valence-electron chi connectivity index (χ2n) is 6.19. The lowest BCUT2D eigenvalue weighted by Gasteiger charge is -2.22. The zero-order chi connectivity index (χ0) is 18.1. The monoisotopic (exact) mass is 407 g/mol. The molecule has 2 aromatic heterocycles. The number of aromatic nitrogens is 3. The Hall–Kier alpha value is -2.29. The van der Waals surface area contributed by atoms with E-state index in [4.69, 9.17) is 0 Å². The fourth-order valence-electron chi connectivity index (χ4n) is 3.02. The predicted molar refractivity (Wildman–Crippen MR) is 105 cm³/mol. The second-order valence-corrected chi connectivity index (χ2v) is 7.13. The lowest BCUT2D eigenvalue weighted by molar-refractivity contribution is 0.0731. The molecule has 3 heterocycles. The number of hydrogen-bond acceptors (Lipinski definition) is 5. The third-order valence-electron chi connectivity index (χ3n) is 4.51. The van der Waals surface area contributed by atoms with Crippen molar-refractivity contribution in [3.8, 4) is 16.4 Å². The van der Waals surface area contributed by atoms with Gasteiger partial charge in [0, 0.05) is 19.6 Å². The van der Waals surface area contributed by atoms with Crippen LogP contribution in [-0.2, 0) is 0 Å². The molecular formula is C18H19ClFN5OS. The normalized spacial score (nSPS) is 16.1. The summed E-state index contributed by atoms with van der Waals surface area (Å²) in [4.78, 5) is 19.9. The number of amides is 1. The van der Waals surface area contributed by atoms with E-state index in [1.165, 1.54) is 23.5 Å². The third kappa shape index (κ3) is 3.87. The molecular weight excluding hydrogens is 389 g/mol. The van der Waals surface area contributed by atoms with Gasteiger partial charge in [-0.1, -0.05) is 6.07 Å². The summed E-state index contributed by atoms with van der Waals surface area (Å²) < 4.78 is 14.9. The van der Waals surface area contributed by atoms with Gasteiger partial charge in [0.05, 0.1) is 10.6 Å². The van der Waals surface area contributed by atoms with Gasteiger partial charge < -0.3 is 10.2 Å². The average molecular weight is 408 g/mol. The van der Waals surface area contributed by atoms with Crippen molar-refractivity contribution < 1.29 is 9.18 Å². The summed E-state index contributed by atoms with van der Waals surface area (Å²) in [5.74, 6) is 0.189. The maximum absolute atomic E-state index is 13.3. The Bertz CT molecular complexity index is 906. The fraction of sp³-hybridized carbons (Fsp3) is 0.278. The molecule has 142 valence electrons. The van der Waals surface area contributed by atoms with E-state index in [0.717, 1.165) is 24.4 Å². The van der Waals surface area contributed by atoms with Crippen LogP contribution in [0.1, 0.15) is 17.0 Å². The summed E-state index contributed by atoms with van der Waals surface area (Å²) >= 11 is 1.51. The molecule has 1 aliphatic rings. The zero-order valence-corrected chi connectivity index (χ0v) is 16.3. The van der Waals surface area contributed by atoms with E-state index >= 15 is 0 Å². The lowest BCUT2D eigenvalue weighted by atomic mass is 10.2. The van der Waals surface area contributed by atoms with Crippen molar-refractivity contribution in [3.63, 3.8) is 0 Å². The van der Waals surface area contributed by atoms with Crippen molar-refractivity contribution in [3.05, 3.63) is 53.4 Å². The number of carbonyl (C=O) groups is 1. The van der Waals surface area contributed by atoms with Crippen LogP contribution in [0.25, 0.3) is 16.4 Å². The number of thiophene rings is 1. The molecule has 1 aromatic carbocycles. The highest BCUT2D eigenvalue weighted by atomic mass is 35.5. The van der Waals surface area contributed by atoms with E-state index in [-0.39, 0.29) is 36.0 Å². The molecule has 0 bridgehead atoms. The first-order valence-corrected chi connectivity index (χ1v) is 9.26. The number of likely N-dealkylation sites (N-methyl/N-ethyl adjacent to an activating group) is 1. The highest BCUT2D eigenvalue weighted by Gasteiger charge is 2.28. The Balaban J connectivity index is 0.00000210. The van der Waals surface area contributed by atoms with Gasteiger partial charge in [0.1, 0.15) is 5.82 Å². The Labute approximate surface area is 166 Å². The molecule has 9 heteroatoms. The first kappa shape index (κ1) is 19.5. The topological polar surface area (TPSA) is 63.1 Å². The molecule has 1 unspecified atom stereocenters. The summed E-state index contributed by atoms with van der Waals surface area (Å²) in [6.45, 7) is 1.68. The van der Waals surface area contributed by atoms with Gasteiger partial charge >= 0.3 is 0 Å². The van der Waals surface area contributed by atoms with Gasteiger partial charge in [0.25, 0.3) is 5.91 Å². The van der Waals surface area contributed by atoms with Crippen LogP contribution in [0.4, 0.5) is 4.39 Å². The van der Waals surface area contributed by atoms with Crippen LogP contribution in [0.3, 0.4) is 0 Å². The minimum Gasteiger partial charge on any atom is -0.335 e. The Kier molecular flexibility index (Phi) is 5.88. The van der Waals surface area contributed by atoms with E-state index in [9.17, 15) is 9.18 Å². The third-order valence-corrected chi connectivity index (χ3v) is 5.38. The molecule has 1 fully saturated rings. The smallest absolute Gasteiger partial charge is 0.293 e. The number of rotatable bonds is 4. The van der Waals surface area contributed by atoms with Crippen LogP contribution in [-0.4, -0.2) is 51.8 Å². The lowest BCUT2D eigenvalue weighted by Crippen LogP contribution is -2.38. The van der Waals surface area contributed by atoms with Gasteiger partial charge in [-0.2, -0.15) is 0 Å². The van der Waals surface area contributed by atoms with Crippen LogP contribution in [0.15, 0.2) is 41.8 Å². The molecule has 1 saturated heterocycles. The van der Waals surface area contributed by atoms with Gasteiger partial charge in [0.2, 0.25) is 5.82 Å². The second kappa shape index (κ2) is 8.16. The van der Waals surface area contributed by atoms with Crippen molar-refractivity contribution in [1.29, 1.82) is 0 Å². The van der Waals surface area contributed by atoms with Crippen LogP contribution < -0.4 is 5.32 Å².